The molecule has 1 aromatic carbocycles. The SMILES string of the molecule is CC(C)c1cc(C(=O)NC2CCCc3c2cnn3C(C)(C)C)c2ccccc2n1. The number of amides is 1. The van der Waals surface area contributed by atoms with E-state index in [9.17, 15) is 4.79 Å². The average molecular weight is 391 g/mol. The highest BCUT2D eigenvalue weighted by atomic mass is 16.1. The predicted octanol–water partition coefficient (Wildman–Crippen LogP) is 5.12. The second-order valence-corrected chi connectivity index (χ2v) is 9.31. The van der Waals surface area contributed by atoms with Gasteiger partial charge in [0, 0.05) is 22.3 Å². The Labute approximate surface area is 172 Å². The van der Waals surface area contributed by atoms with Crippen molar-refractivity contribution >= 4 is 16.8 Å². The van der Waals surface area contributed by atoms with Crippen molar-refractivity contribution in [2.45, 2.75) is 71.4 Å². The summed E-state index contributed by atoms with van der Waals surface area (Å²) in [6.07, 6.45) is 4.94. The van der Waals surface area contributed by atoms with Gasteiger partial charge in [-0.15, -0.1) is 0 Å². The van der Waals surface area contributed by atoms with E-state index in [0.717, 1.165) is 41.4 Å². The van der Waals surface area contributed by atoms with Crippen LogP contribution in [-0.2, 0) is 12.0 Å². The molecular weight excluding hydrogens is 360 g/mol. The van der Waals surface area contributed by atoms with Gasteiger partial charge in [-0.3, -0.25) is 14.5 Å². The molecule has 1 unspecified atom stereocenters. The number of fused-ring (bicyclic) bond motifs is 2. The molecular formula is C24H30N4O. The first kappa shape index (κ1) is 19.6. The third-order valence-corrected chi connectivity index (χ3v) is 5.70. The van der Waals surface area contributed by atoms with Crippen LogP contribution < -0.4 is 5.32 Å². The fourth-order valence-electron chi connectivity index (χ4n) is 4.20. The van der Waals surface area contributed by atoms with Gasteiger partial charge in [0.05, 0.1) is 28.9 Å². The molecule has 1 atom stereocenters. The summed E-state index contributed by atoms with van der Waals surface area (Å²) in [5.74, 6) is 0.226. The Morgan fingerprint density at radius 2 is 2.00 bits per heavy atom. The van der Waals surface area contributed by atoms with Crippen LogP contribution in [0.3, 0.4) is 0 Å². The van der Waals surface area contributed by atoms with Gasteiger partial charge in [0.1, 0.15) is 0 Å². The molecule has 5 heteroatoms. The number of nitrogens with zero attached hydrogens (tertiary/aromatic N) is 3. The number of pyridine rings is 1. The van der Waals surface area contributed by atoms with Crippen molar-refractivity contribution in [3.05, 3.63) is 59.0 Å². The molecule has 2 aromatic heterocycles. The first-order chi connectivity index (χ1) is 13.8. The Morgan fingerprint density at radius 3 is 2.72 bits per heavy atom. The second-order valence-electron chi connectivity index (χ2n) is 9.31. The molecule has 0 saturated heterocycles. The summed E-state index contributed by atoms with van der Waals surface area (Å²) >= 11 is 0. The Hall–Kier alpha value is -2.69. The van der Waals surface area contributed by atoms with Gasteiger partial charge in [-0.25, -0.2) is 0 Å². The van der Waals surface area contributed by atoms with Crippen molar-refractivity contribution in [3.63, 3.8) is 0 Å². The molecule has 0 radical (unpaired) electrons. The zero-order valence-electron chi connectivity index (χ0n) is 18.0. The summed E-state index contributed by atoms with van der Waals surface area (Å²) in [6.45, 7) is 10.7. The van der Waals surface area contributed by atoms with Crippen LogP contribution in [0.15, 0.2) is 36.5 Å². The fraction of sp³-hybridized carbons (Fsp3) is 0.458. The molecule has 1 aliphatic carbocycles. The summed E-state index contributed by atoms with van der Waals surface area (Å²) < 4.78 is 2.11. The van der Waals surface area contributed by atoms with Gasteiger partial charge < -0.3 is 5.32 Å². The van der Waals surface area contributed by atoms with Crippen LogP contribution in [0.5, 0.6) is 0 Å². The fourth-order valence-corrected chi connectivity index (χ4v) is 4.20. The summed E-state index contributed by atoms with van der Waals surface area (Å²) in [6, 6.07) is 9.83. The van der Waals surface area contributed by atoms with Gasteiger partial charge in [0.2, 0.25) is 0 Å². The Bertz CT molecular complexity index is 1060. The molecule has 1 N–H and O–H groups in total. The van der Waals surface area contributed by atoms with Crippen molar-refractivity contribution in [1.29, 1.82) is 0 Å². The lowest BCUT2D eigenvalue weighted by molar-refractivity contribution is 0.0934. The predicted molar refractivity (Wildman–Crippen MR) is 116 cm³/mol. The minimum Gasteiger partial charge on any atom is -0.345 e. The molecule has 5 nitrogen and oxygen atoms in total. The number of hydrogen-bond donors (Lipinski definition) is 1. The topological polar surface area (TPSA) is 59.8 Å². The van der Waals surface area contributed by atoms with Gasteiger partial charge in [-0.2, -0.15) is 5.10 Å². The summed E-state index contributed by atoms with van der Waals surface area (Å²) in [5.41, 5.74) is 4.85. The van der Waals surface area contributed by atoms with E-state index in [2.05, 4.69) is 49.7 Å². The molecule has 1 aliphatic rings. The van der Waals surface area contributed by atoms with Crippen LogP contribution in [0.4, 0.5) is 0 Å². The lowest BCUT2D eigenvalue weighted by Crippen LogP contribution is -2.32. The largest absolute Gasteiger partial charge is 0.345 e. The smallest absolute Gasteiger partial charge is 0.252 e. The molecule has 152 valence electrons. The Kier molecular flexibility index (Phi) is 4.93. The number of carbonyl (C=O) groups is 1. The van der Waals surface area contributed by atoms with E-state index in [0.29, 0.717) is 5.56 Å². The summed E-state index contributed by atoms with van der Waals surface area (Å²) in [7, 11) is 0. The Balaban J connectivity index is 1.69. The summed E-state index contributed by atoms with van der Waals surface area (Å²) in [5, 5.41) is 8.84. The number of nitrogens with one attached hydrogen (secondary N) is 1. The normalized spacial score (nSPS) is 16.8. The molecule has 0 fully saturated rings. The maximum atomic E-state index is 13.3. The third-order valence-electron chi connectivity index (χ3n) is 5.70. The lowest BCUT2D eigenvalue weighted by Gasteiger charge is -2.28. The molecule has 29 heavy (non-hydrogen) atoms. The van der Waals surface area contributed by atoms with Crippen LogP contribution in [-0.4, -0.2) is 20.7 Å². The number of hydrogen-bond acceptors (Lipinski definition) is 3. The first-order valence-corrected chi connectivity index (χ1v) is 10.5. The highest BCUT2D eigenvalue weighted by molar-refractivity contribution is 6.06. The third kappa shape index (κ3) is 3.66. The molecule has 4 rings (SSSR count). The van der Waals surface area contributed by atoms with Gasteiger partial charge >= 0.3 is 0 Å². The van der Waals surface area contributed by atoms with E-state index in [1.165, 1.54) is 5.69 Å². The van der Waals surface area contributed by atoms with Crippen LogP contribution >= 0.6 is 0 Å². The molecule has 0 saturated carbocycles. The Morgan fingerprint density at radius 1 is 1.24 bits per heavy atom. The van der Waals surface area contributed by atoms with E-state index in [1.54, 1.807) is 0 Å². The monoisotopic (exact) mass is 390 g/mol. The highest BCUT2D eigenvalue weighted by Crippen LogP contribution is 2.33. The quantitative estimate of drug-likeness (QED) is 0.675. The van der Waals surface area contributed by atoms with E-state index in [-0.39, 0.29) is 23.4 Å². The number of aromatic nitrogens is 3. The molecule has 3 aromatic rings. The van der Waals surface area contributed by atoms with Crippen LogP contribution in [0.25, 0.3) is 10.9 Å². The molecule has 1 amide bonds. The lowest BCUT2D eigenvalue weighted by atomic mass is 9.91. The minimum atomic E-state index is -0.0625. The van der Waals surface area contributed by atoms with Crippen molar-refractivity contribution in [2.24, 2.45) is 0 Å². The first-order valence-electron chi connectivity index (χ1n) is 10.5. The van der Waals surface area contributed by atoms with Crippen LogP contribution in [0.1, 0.15) is 86.7 Å². The minimum absolute atomic E-state index is 0.00298. The zero-order valence-corrected chi connectivity index (χ0v) is 18.0. The van der Waals surface area contributed by atoms with Crippen molar-refractivity contribution < 1.29 is 4.79 Å². The van der Waals surface area contributed by atoms with Crippen molar-refractivity contribution in [3.8, 4) is 0 Å². The van der Waals surface area contributed by atoms with E-state index < -0.39 is 0 Å². The maximum Gasteiger partial charge on any atom is 0.252 e. The van der Waals surface area contributed by atoms with Crippen LogP contribution in [0, 0.1) is 0 Å². The molecule has 0 spiro atoms. The number of para-hydroxylation sites is 1. The van der Waals surface area contributed by atoms with Gasteiger partial charge in [-0.05, 0) is 58.1 Å². The van der Waals surface area contributed by atoms with Crippen molar-refractivity contribution in [1.82, 2.24) is 20.1 Å². The number of rotatable bonds is 3. The second kappa shape index (κ2) is 7.29. The number of benzene rings is 1. The van der Waals surface area contributed by atoms with E-state index >= 15 is 0 Å². The average Bonchev–Trinajstić information content (AvgIpc) is 3.12. The van der Waals surface area contributed by atoms with Crippen LogP contribution in [0.2, 0.25) is 0 Å². The highest BCUT2D eigenvalue weighted by Gasteiger charge is 2.29. The molecule has 2 heterocycles. The maximum absolute atomic E-state index is 13.3. The standard InChI is InChI=1S/C24H30N4O/c1-15(2)21-13-17(16-9-6-7-10-19(16)26-21)23(29)27-20-11-8-12-22-18(20)14-25-28(22)24(3,4)5/h6-7,9-10,13-15,20H,8,11-12H2,1-5H3,(H,27,29). The molecule has 0 bridgehead atoms. The zero-order chi connectivity index (χ0) is 20.8. The van der Waals surface area contributed by atoms with E-state index in [4.69, 9.17) is 4.98 Å². The summed E-state index contributed by atoms with van der Waals surface area (Å²) in [4.78, 5) is 18.1. The number of carbonyl (C=O) groups excluding carboxylic acids is 1. The van der Waals surface area contributed by atoms with Crippen molar-refractivity contribution in [2.75, 3.05) is 0 Å². The van der Waals surface area contributed by atoms with Gasteiger partial charge in [-0.1, -0.05) is 32.0 Å². The molecule has 0 aliphatic heterocycles. The van der Waals surface area contributed by atoms with Gasteiger partial charge in [0.25, 0.3) is 5.91 Å². The van der Waals surface area contributed by atoms with E-state index in [1.807, 2.05) is 36.5 Å². The van der Waals surface area contributed by atoms with Gasteiger partial charge in [0.15, 0.2) is 0 Å².